The fourth-order valence-corrected chi connectivity index (χ4v) is 3.75. The van der Waals surface area contributed by atoms with E-state index in [9.17, 15) is 4.79 Å². The molecule has 0 amide bonds. The van der Waals surface area contributed by atoms with E-state index in [-0.39, 0.29) is 0 Å². The van der Waals surface area contributed by atoms with Crippen LogP contribution in [0.2, 0.25) is 0 Å². The number of benzene rings is 3. The molecule has 0 bridgehead atoms. The Morgan fingerprint density at radius 1 is 0.852 bits per heavy atom. The second kappa shape index (κ2) is 9.10. The molecule has 0 aliphatic heterocycles. The maximum absolute atomic E-state index is 12.2. The van der Waals surface area contributed by atoms with Crippen LogP contribution in [0.15, 0.2) is 94.9 Å². The first kappa shape index (κ1) is 18.8. The summed E-state index contributed by atoms with van der Waals surface area (Å²) < 4.78 is 10.00. The average Bonchev–Trinajstić information content (AvgIpc) is 2.73. The van der Waals surface area contributed by atoms with E-state index >= 15 is 0 Å². The minimum absolute atomic E-state index is 0.391. The zero-order valence-electron chi connectivity index (χ0n) is 15.2. The van der Waals surface area contributed by atoms with E-state index in [0.29, 0.717) is 5.57 Å². The van der Waals surface area contributed by atoms with E-state index in [0.717, 1.165) is 20.9 Å². The summed E-state index contributed by atoms with van der Waals surface area (Å²) in [7, 11) is 2.88. The summed E-state index contributed by atoms with van der Waals surface area (Å²) >= 11 is 1.60. The van der Waals surface area contributed by atoms with Gasteiger partial charge in [0, 0.05) is 15.4 Å². The quantitative estimate of drug-likeness (QED) is 0.316. The summed E-state index contributed by atoms with van der Waals surface area (Å²) in [6.07, 6.45) is 1.42. The lowest BCUT2D eigenvalue weighted by Gasteiger charge is -2.12. The monoisotopic (exact) mass is 376 g/mol. The van der Waals surface area contributed by atoms with Crippen LogP contribution >= 0.6 is 11.8 Å². The SMILES string of the molecule is CO/C=C(/C(=O)OC)c1ccccc1Sc1cccc(-c2ccccc2)c1. The highest BCUT2D eigenvalue weighted by Gasteiger charge is 2.17. The first-order valence-electron chi connectivity index (χ1n) is 8.47. The van der Waals surface area contributed by atoms with Gasteiger partial charge >= 0.3 is 5.97 Å². The minimum atomic E-state index is -0.428. The van der Waals surface area contributed by atoms with Gasteiger partial charge < -0.3 is 9.47 Å². The first-order chi connectivity index (χ1) is 13.2. The molecular formula is C23H20O3S. The summed E-state index contributed by atoms with van der Waals surface area (Å²) in [6.45, 7) is 0. The van der Waals surface area contributed by atoms with Crippen LogP contribution in [0.3, 0.4) is 0 Å². The van der Waals surface area contributed by atoms with Crippen molar-refractivity contribution in [3.63, 3.8) is 0 Å². The molecule has 0 aliphatic rings. The van der Waals surface area contributed by atoms with Crippen molar-refractivity contribution in [2.75, 3.05) is 14.2 Å². The lowest BCUT2D eigenvalue weighted by Crippen LogP contribution is -2.05. The number of ether oxygens (including phenoxy) is 2. The van der Waals surface area contributed by atoms with Crippen molar-refractivity contribution in [1.29, 1.82) is 0 Å². The molecule has 0 aliphatic carbocycles. The summed E-state index contributed by atoms with van der Waals surface area (Å²) in [6, 6.07) is 26.3. The van der Waals surface area contributed by atoms with Crippen molar-refractivity contribution in [2.24, 2.45) is 0 Å². The van der Waals surface area contributed by atoms with E-state index in [4.69, 9.17) is 9.47 Å². The number of hydrogen-bond acceptors (Lipinski definition) is 4. The molecule has 27 heavy (non-hydrogen) atoms. The highest BCUT2D eigenvalue weighted by atomic mass is 32.2. The van der Waals surface area contributed by atoms with Gasteiger partial charge in [0.05, 0.1) is 20.5 Å². The van der Waals surface area contributed by atoms with Crippen LogP contribution in [0.25, 0.3) is 16.7 Å². The molecule has 3 rings (SSSR count). The number of esters is 1. The minimum Gasteiger partial charge on any atom is -0.503 e. The van der Waals surface area contributed by atoms with Crippen LogP contribution in [-0.2, 0) is 14.3 Å². The fourth-order valence-electron chi connectivity index (χ4n) is 2.72. The molecule has 3 nitrogen and oxygen atoms in total. The standard InChI is InChI=1S/C23H20O3S/c1-25-16-21(23(24)26-2)20-13-6-7-14-22(20)27-19-12-8-11-18(15-19)17-9-4-3-5-10-17/h3-16H,1-2H3/b21-16+. The van der Waals surface area contributed by atoms with Crippen LogP contribution < -0.4 is 0 Å². The van der Waals surface area contributed by atoms with Crippen molar-refractivity contribution in [3.8, 4) is 11.1 Å². The Labute approximate surface area is 163 Å². The van der Waals surface area contributed by atoms with E-state index in [1.165, 1.54) is 26.0 Å². The van der Waals surface area contributed by atoms with Gasteiger partial charge in [-0.3, -0.25) is 0 Å². The maximum Gasteiger partial charge on any atom is 0.341 e. The van der Waals surface area contributed by atoms with Gasteiger partial charge in [-0.15, -0.1) is 0 Å². The zero-order valence-corrected chi connectivity index (χ0v) is 16.0. The molecule has 0 N–H and O–H groups in total. The number of rotatable bonds is 6. The van der Waals surface area contributed by atoms with Crippen LogP contribution in [0.4, 0.5) is 0 Å². The molecule has 0 radical (unpaired) electrons. The van der Waals surface area contributed by atoms with Gasteiger partial charge in [0.1, 0.15) is 5.57 Å². The summed E-state index contributed by atoms with van der Waals surface area (Å²) in [4.78, 5) is 14.2. The highest BCUT2D eigenvalue weighted by molar-refractivity contribution is 7.99. The Bertz CT molecular complexity index is 949. The Morgan fingerprint density at radius 3 is 2.30 bits per heavy atom. The molecule has 0 heterocycles. The molecule has 136 valence electrons. The molecule has 0 fully saturated rings. The smallest absolute Gasteiger partial charge is 0.341 e. The van der Waals surface area contributed by atoms with E-state index in [1.54, 1.807) is 11.8 Å². The van der Waals surface area contributed by atoms with E-state index in [2.05, 4.69) is 30.3 Å². The van der Waals surface area contributed by atoms with E-state index < -0.39 is 5.97 Å². The maximum atomic E-state index is 12.2. The van der Waals surface area contributed by atoms with Crippen molar-refractivity contribution < 1.29 is 14.3 Å². The third kappa shape index (κ3) is 4.60. The van der Waals surface area contributed by atoms with Crippen LogP contribution in [0.1, 0.15) is 5.56 Å². The number of hydrogen-bond donors (Lipinski definition) is 0. The number of carbonyl (C=O) groups is 1. The van der Waals surface area contributed by atoms with Crippen LogP contribution in [0.5, 0.6) is 0 Å². The molecule has 3 aromatic carbocycles. The number of methoxy groups -OCH3 is 2. The molecule has 0 unspecified atom stereocenters. The Morgan fingerprint density at radius 2 is 1.56 bits per heavy atom. The Kier molecular flexibility index (Phi) is 6.34. The van der Waals surface area contributed by atoms with Gasteiger partial charge in [0.15, 0.2) is 0 Å². The van der Waals surface area contributed by atoms with Gasteiger partial charge in [-0.2, -0.15) is 0 Å². The molecule has 0 saturated heterocycles. The number of carbonyl (C=O) groups excluding carboxylic acids is 1. The van der Waals surface area contributed by atoms with Gasteiger partial charge in [0.2, 0.25) is 0 Å². The molecule has 0 aromatic heterocycles. The third-order valence-corrected chi connectivity index (χ3v) is 5.05. The summed E-state index contributed by atoms with van der Waals surface area (Å²) in [5, 5.41) is 0. The molecule has 0 atom stereocenters. The lowest BCUT2D eigenvalue weighted by molar-refractivity contribution is -0.133. The van der Waals surface area contributed by atoms with Crippen molar-refractivity contribution in [3.05, 3.63) is 90.7 Å². The summed E-state index contributed by atoms with van der Waals surface area (Å²) in [5.41, 5.74) is 3.49. The largest absolute Gasteiger partial charge is 0.503 e. The van der Waals surface area contributed by atoms with Crippen molar-refractivity contribution in [1.82, 2.24) is 0 Å². The second-order valence-electron chi connectivity index (χ2n) is 5.75. The fraction of sp³-hybridized carbons (Fsp3) is 0.0870. The highest BCUT2D eigenvalue weighted by Crippen LogP contribution is 2.35. The summed E-state index contributed by atoms with van der Waals surface area (Å²) in [5.74, 6) is -0.428. The third-order valence-electron chi connectivity index (χ3n) is 3.99. The van der Waals surface area contributed by atoms with Gasteiger partial charge in [-0.25, -0.2) is 4.79 Å². The molecule has 0 spiro atoms. The van der Waals surface area contributed by atoms with Crippen molar-refractivity contribution >= 4 is 23.3 Å². The Balaban J connectivity index is 1.96. The predicted octanol–water partition coefficient (Wildman–Crippen LogP) is 5.67. The molecule has 0 saturated carbocycles. The molecule has 4 heteroatoms. The van der Waals surface area contributed by atoms with Crippen molar-refractivity contribution in [2.45, 2.75) is 9.79 Å². The average molecular weight is 376 g/mol. The second-order valence-corrected chi connectivity index (χ2v) is 6.87. The first-order valence-corrected chi connectivity index (χ1v) is 9.28. The lowest BCUT2D eigenvalue weighted by atomic mass is 10.1. The molecular weight excluding hydrogens is 356 g/mol. The Hall–Kier alpha value is -2.98. The van der Waals surface area contributed by atoms with E-state index in [1.807, 2.05) is 48.5 Å². The van der Waals surface area contributed by atoms with Gasteiger partial charge in [0.25, 0.3) is 0 Å². The van der Waals surface area contributed by atoms with Crippen LogP contribution in [-0.4, -0.2) is 20.2 Å². The van der Waals surface area contributed by atoms with Gasteiger partial charge in [-0.1, -0.05) is 72.4 Å². The van der Waals surface area contributed by atoms with Crippen LogP contribution in [0, 0.1) is 0 Å². The topological polar surface area (TPSA) is 35.5 Å². The zero-order chi connectivity index (χ0) is 19.1. The van der Waals surface area contributed by atoms with Gasteiger partial charge in [-0.05, 0) is 29.3 Å². The predicted molar refractivity (Wildman–Crippen MR) is 109 cm³/mol. The normalized spacial score (nSPS) is 11.1. The molecule has 3 aromatic rings.